The van der Waals surface area contributed by atoms with Crippen molar-refractivity contribution in [2.24, 2.45) is 11.8 Å². The quantitative estimate of drug-likeness (QED) is 0.885. The topological polar surface area (TPSA) is 24.9 Å². The molecular weight excluding hydrogens is 240 g/mol. The number of hydrogen-bond acceptors (Lipinski definition) is 3. The molecule has 18 heavy (non-hydrogen) atoms. The molecule has 1 aromatic rings. The van der Waals surface area contributed by atoms with E-state index in [1.54, 1.807) is 0 Å². The summed E-state index contributed by atoms with van der Waals surface area (Å²) in [7, 11) is 0. The summed E-state index contributed by atoms with van der Waals surface area (Å²) in [5.41, 5.74) is 1.20. The van der Waals surface area contributed by atoms with Gasteiger partial charge in [0.05, 0.1) is 10.7 Å². The van der Waals surface area contributed by atoms with E-state index >= 15 is 0 Å². The second-order valence-electron chi connectivity index (χ2n) is 6.07. The number of aromatic nitrogens is 1. The van der Waals surface area contributed by atoms with Crippen LogP contribution in [0.4, 0.5) is 0 Å². The number of thiazole rings is 1. The SMILES string of the molecule is Cc1nc(C)c(C(C)NC2CC(C)CCC2C)s1. The Hall–Kier alpha value is -0.410. The highest BCUT2D eigenvalue weighted by atomic mass is 32.1. The highest BCUT2D eigenvalue weighted by Crippen LogP contribution is 2.31. The summed E-state index contributed by atoms with van der Waals surface area (Å²) in [4.78, 5) is 5.95. The minimum atomic E-state index is 0.439. The minimum Gasteiger partial charge on any atom is -0.306 e. The molecule has 2 rings (SSSR count). The summed E-state index contributed by atoms with van der Waals surface area (Å²) in [6.45, 7) is 11.3. The van der Waals surface area contributed by atoms with E-state index in [-0.39, 0.29) is 0 Å². The van der Waals surface area contributed by atoms with E-state index in [4.69, 9.17) is 0 Å². The molecule has 1 N–H and O–H groups in total. The number of nitrogens with one attached hydrogen (secondary N) is 1. The Morgan fingerprint density at radius 3 is 2.61 bits per heavy atom. The predicted molar refractivity (Wildman–Crippen MR) is 79.1 cm³/mol. The average Bonchev–Trinajstić information content (AvgIpc) is 2.63. The van der Waals surface area contributed by atoms with E-state index in [0.717, 1.165) is 11.8 Å². The normalized spacial score (nSPS) is 30.4. The van der Waals surface area contributed by atoms with Gasteiger partial charge in [0.1, 0.15) is 0 Å². The Balaban J connectivity index is 2.02. The number of rotatable bonds is 3. The molecule has 0 aliphatic heterocycles. The molecule has 3 heteroatoms. The molecule has 0 radical (unpaired) electrons. The number of hydrogen-bond donors (Lipinski definition) is 1. The first-order chi connectivity index (χ1) is 8.47. The van der Waals surface area contributed by atoms with Gasteiger partial charge in [-0.3, -0.25) is 0 Å². The second kappa shape index (κ2) is 5.70. The largest absolute Gasteiger partial charge is 0.306 e. The van der Waals surface area contributed by atoms with Gasteiger partial charge in [-0.25, -0.2) is 4.98 Å². The van der Waals surface area contributed by atoms with E-state index in [1.807, 2.05) is 11.3 Å². The third-order valence-corrected chi connectivity index (χ3v) is 5.51. The molecule has 2 nitrogen and oxygen atoms in total. The van der Waals surface area contributed by atoms with Crippen molar-refractivity contribution in [3.63, 3.8) is 0 Å². The molecule has 0 spiro atoms. The predicted octanol–water partition coefficient (Wildman–Crippen LogP) is 4.24. The molecule has 1 aliphatic carbocycles. The lowest BCUT2D eigenvalue weighted by Gasteiger charge is -2.35. The molecule has 1 fully saturated rings. The van der Waals surface area contributed by atoms with Gasteiger partial charge in [0.15, 0.2) is 0 Å². The van der Waals surface area contributed by atoms with Crippen molar-refractivity contribution in [2.75, 3.05) is 0 Å². The van der Waals surface area contributed by atoms with Crippen molar-refractivity contribution < 1.29 is 0 Å². The maximum Gasteiger partial charge on any atom is 0.0900 e. The van der Waals surface area contributed by atoms with Crippen LogP contribution in [-0.4, -0.2) is 11.0 Å². The van der Waals surface area contributed by atoms with Crippen LogP contribution < -0.4 is 5.32 Å². The molecule has 0 bridgehead atoms. The van der Waals surface area contributed by atoms with Gasteiger partial charge in [0, 0.05) is 17.0 Å². The fraction of sp³-hybridized carbons (Fsp3) is 0.800. The van der Waals surface area contributed by atoms with Crippen molar-refractivity contribution in [1.29, 1.82) is 0 Å². The smallest absolute Gasteiger partial charge is 0.0900 e. The summed E-state index contributed by atoms with van der Waals surface area (Å²) in [5, 5.41) is 5.02. The molecule has 4 unspecified atom stereocenters. The Morgan fingerprint density at radius 1 is 1.28 bits per heavy atom. The third kappa shape index (κ3) is 3.12. The fourth-order valence-corrected chi connectivity index (χ4v) is 4.05. The standard InChI is InChI=1S/C15H26N2S/c1-9-6-7-10(2)14(8-9)17-12(4)15-11(3)16-13(5)18-15/h9-10,12,14,17H,6-8H2,1-5H3. The van der Waals surface area contributed by atoms with Crippen LogP contribution in [0.15, 0.2) is 0 Å². The first-order valence-electron chi connectivity index (χ1n) is 7.17. The van der Waals surface area contributed by atoms with Gasteiger partial charge in [-0.15, -0.1) is 11.3 Å². The van der Waals surface area contributed by atoms with E-state index in [2.05, 4.69) is 44.9 Å². The maximum absolute atomic E-state index is 4.54. The van der Waals surface area contributed by atoms with Crippen LogP contribution in [0.5, 0.6) is 0 Å². The summed E-state index contributed by atoms with van der Waals surface area (Å²) in [6.07, 6.45) is 4.08. The number of aryl methyl sites for hydroxylation is 2. The van der Waals surface area contributed by atoms with Crippen molar-refractivity contribution in [3.8, 4) is 0 Å². The summed E-state index contributed by atoms with van der Waals surface area (Å²) in [6, 6.07) is 1.11. The first-order valence-corrected chi connectivity index (χ1v) is 7.99. The van der Waals surface area contributed by atoms with Gasteiger partial charge in [-0.05, 0) is 45.4 Å². The lowest BCUT2D eigenvalue weighted by molar-refractivity contribution is 0.217. The Kier molecular flexibility index (Phi) is 4.44. The van der Waals surface area contributed by atoms with Gasteiger partial charge in [-0.1, -0.05) is 20.3 Å². The van der Waals surface area contributed by atoms with Crippen molar-refractivity contribution >= 4 is 11.3 Å². The molecular formula is C15H26N2S. The van der Waals surface area contributed by atoms with E-state index in [1.165, 1.54) is 34.8 Å². The van der Waals surface area contributed by atoms with Crippen molar-refractivity contribution in [2.45, 2.75) is 66.0 Å². The first kappa shape index (κ1) is 14.0. The molecule has 1 aromatic heterocycles. The second-order valence-corrected chi connectivity index (χ2v) is 7.31. The zero-order chi connectivity index (χ0) is 13.3. The molecule has 1 aliphatic rings. The zero-order valence-corrected chi connectivity index (χ0v) is 13.1. The zero-order valence-electron chi connectivity index (χ0n) is 12.3. The van der Waals surface area contributed by atoms with Gasteiger partial charge >= 0.3 is 0 Å². The van der Waals surface area contributed by atoms with Crippen LogP contribution >= 0.6 is 11.3 Å². The summed E-state index contributed by atoms with van der Waals surface area (Å²) in [5.74, 6) is 1.67. The van der Waals surface area contributed by atoms with E-state index in [9.17, 15) is 0 Å². The summed E-state index contributed by atoms with van der Waals surface area (Å²) < 4.78 is 0. The number of nitrogens with zero attached hydrogens (tertiary/aromatic N) is 1. The van der Waals surface area contributed by atoms with Gasteiger partial charge in [0.25, 0.3) is 0 Å². The van der Waals surface area contributed by atoms with Crippen LogP contribution in [0.1, 0.15) is 61.7 Å². The monoisotopic (exact) mass is 266 g/mol. The fourth-order valence-electron chi connectivity index (χ4n) is 3.11. The third-order valence-electron chi connectivity index (χ3n) is 4.25. The van der Waals surface area contributed by atoms with Crippen LogP contribution in [0.2, 0.25) is 0 Å². The van der Waals surface area contributed by atoms with Crippen LogP contribution in [-0.2, 0) is 0 Å². The van der Waals surface area contributed by atoms with E-state index < -0.39 is 0 Å². The lowest BCUT2D eigenvalue weighted by Crippen LogP contribution is -2.40. The molecule has 1 heterocycles. The molecule has 0 saturated heterocycles. The summed E-state index contributed by atoms with van der Waals surface area (Å²) >= 11 is 1.84. The van der Waals surface area contributed by atoms with Crippen molar-refractivity contribution in [1.82, 2.24) is 10.3 Å². The van der Waals surface area contributed by atoms with Crippen molar-refractivity contribution in [3.05, 3.63) is 15.6 Å². The minimum absolute atomic E-state index is 0.439. The highest BCUT2D eigenvalue weighted by Gasteiger charge is 2.27. The van der Waals surface area contributed by atoms with Gasteiger partial charge < -0.3 is 5.32 Å². The van der Waals surface area contributed by atoms with E-state index in [0.29, 0.717) is 12.1 Å². The Morgan fingerprint density at radius 2 is 2.00 bits per heavy atom. The van der Waals surface area contributed by atoms with Crippen LogP contribution in [0.3, 0.4) is 0 Å². The van der Waals surface area contributed by atoms with Crippen LogP contribution in [0, 0.1) is 25.7 Å². The molecule has 0 amide bonds. The van der Waals surface area contributed by atoms with Crippen LogP contribution in [0.25, 0.3) is 0 Å². The average molecular weight is 266 g/mol. The van der Waals surface area contributed by atoms with Gasteiger partial charge in [0.2, 0.25) is 0 Å². The van der Waals surface area contributed by atoms with Gasteiger partial charge in [-0.2, -0.15) is 0 Å². The lowest BCUT2D eigenvalue weighted by atomic mass is 9.80. The maximum atomic E-state index is 4.54. The Labute approximate surface area is 115 Å². The molecule has 4 atom stereocenters. The molecule has 1 saturated carbocycles. The molecule has 102 valence electrons. The highest BCUT2D eigenvalue weighted by molar-refractivity contribution is 7.11. The molecule has 0 aromatic carbocycles. The Bertz CT molecular complexity index is 399.